The van der Waals surface area contributed by atoms with Gasteiger partial charge in [0, 0.05) is 0 Å². The lowest BCUT2D eigenvalue weighted by Gasteiger charge is -2.18. The number of thioether (sulfide) groups is 1. The lowest BCUT2D eigenvalue weighted by molar-refractivity contribution is -0.115. The molecule has 1 aromatic heterocycles. The summed E-state index contributed by atoms with van der Waals surface area (Å²) in [6.07, 6.45) is 0. The minimum atomic E-state index is -0.618. The van der Waals surface area contributed by atoms with E-state index in [0.717, 1.165) is 5.56 Å². The number of carbonyl (C=O) groups is 1. The number of hydrogen-bond acceptors (Lipinski definition) is 7. The Morgan fingerprint density at radius 1 is 1.06 bits per heavy atom. The molecule has 9 heteroatoms. The van der Waals surface area contributed by atoms with Gasteiger partial charge in [-0.15, -0.1) is 5.10 Å². The van der Waals surface area contributed by atoms with Crippen molar-refractivity contribution in [1.82, 2.24) is 20.2 Å². The molecule has 0 radical (unpaired) electrons. The second-order valence-corrected chi connectivity index (χ2v) is 7.79. The highest BCUT2D eigenvalue weighted by molar-refractivity contribution is 8.00. The number of nitrogens with zero attached hydrogens (tertiary/aromatic N) is 4. The Bertz CT molecular complexity index is 1180. The molecular formula is C23H21N5O3S. The average molecular weight is 448 g/mol. The standard InChI is InChI=1S/C23H21N5O3S/c1-2-31-20-11-7-6-10-19(20)24-22(30)21(16-8-4-3-5-9-16)32-23-25-26-27-28(23)17-12-14-18(29)15-13-17/h3-15,21,29H,2H2,1H3,(H,24,30)/t21-/m1/s1. The van der Waals surface area contributed by atoms with E-state index in [1.54, 1.807) is 30.3 Å². The normalized spacial score (nSPS) is 11.7. The molecule has 3 aromatic carbocycles. The summed E-state index contributed by atoms with van der Waals surface area (Å²) < 4.78 is 7.17. The van der Waals surface area contributed by atoms with Crippen molar-refractivity contribution in [3.8, 4) is 17.2 Å². The topological polar surface area (TPSA) is 102 Å². The first kappa shape index (κ1) is 21.4. The molecule has 0 aliphatic rings. The second kappa shape index (κ2) is 9.97. The van der Waals surface area contributed by atoms with Gasteiger partial charge in [0.05, 0.1) is 18.0 Å². The van der Waals surface area contributed by atoms with E-state index in [9.17, 15) is 9.90 Å². The smallest absolute Gasteiger partial charge is 0.242 e. The Morgan fingerprint density at radius 2 is 1.78 bits per heavy atom. The number of carbonyl (C=O) groups excluding carboxylic acids is 1. The summed E-state index contributed by atoms with van der Waals surface area (Å²) in [5.41, 5.74) is 2.08. The third kappa shape index (κ3) is 4.89. The zero-order valence-corrected chi connectivity index (χ0v) is 18.1. The van der Waals surface area contributed by atoms with Gasteiger partial charge in [0.1, 0.15) is 16.7 Å². The van der Waals surface area contributed by atoms with Gasteiger partial charge in [0.25, 0.3) is 0 Å². The van der Waals surface area contributed by atoms with Crippen molar-refractivity contribution >= 4 is 23.4 Å². The number of para-hydroxylation sites is 2. The summed E-state index contributed by atoms with van der Waals surface area (Å²) in [4.78, 5) is 13.4. The summed E-state index contributed by atoms with van der Waals surface area (Å²) in [6.45, 7) is 2.38. The molecule has 1 atom stereocenters. The molecule has 1 heterocycles. The molecule has 1 amide bonds. The molecule has 0 saturated carbocycles. The SMILES string of the molecule is CCOc1ccccc1NC(=O)[C@H](Sc1nnnn1-c1ccc(O)cc1)c1ccccc1. The van der Waals surface area contributed by atoms with Gasteiger partial charge in [-0.25, -0.2) is 0 Å². The monoisotopic (exact) mass is 447 g/mol. The van der Waals surface area contributed by atoms with Crippen LogP contribution in [0, 0.1) is 0 Å². The summed E-state index contributed by atoms with van der Waals surface area (Å²) in [5, 5.41) is 24.3. The summed E-state index contributed by atoms with van der Waals surface area (Å²) >= 11 is 1.23. The first-order chi connectivity index (χ1) is 15.7. The van der Waals surface area contributed by atoms with E-state index in [1.807, 2.05) is 55.5 Å². The van der Waals surface area contributed by atoms with Crippen LogP contribution < -0.4 is 10.1 Å². The summed E-state index contributed by atoms with van der Waals surface area (Å²) in [6, 6.07) is 23.3. The fraction of sp³-hybridized carbons (Fsp3) is 0.130. The van der Waals surface area contributed by atoms with E-state index in [0.29, 0.717) is 28.9 Å². The first-order valence-electron chi connectivity index (χ1n) is 9.98. The Kier molecular flexibility index (Phi) is 6.66. The van der Waals surface area contributed by atoms with E-state index in [4.69, 9.17) is 4.74 Å². The highest BCUT2D eigenvalue weighted by Crippen LogP contribution is 2.36. The zero-order chi connectivity index (χ0) is 22.3. The molecule has 0 saturated heterocycles. The third-order valence-electron chi connectivity index (χ3n) is 4.54. The fourth-order valence-electron chi connectivity index (χ4n) is 3.06. The number of rotatable bonds is 8. The molecule has 0 spiro atoms. The number of anilines is 1. The van der Waals surface area contributed by atoms with Crippen LogP contribution in [0.15, 0.2) is 84.0 Å². The third-order valence-corrected chi connectivity index (χ3v) is 5.73. The molecule has 4 rings (SSSR count). The number of ether oxygens (including phenoxy) is 1. The number of benzene rings is 3. The average Bonchev–Trinajstić information content (AvgIpc) is 3.28. The van der Waals surface area contributed by atoms with E-state index in [-0.39, 0.29) is 11.7 Å². The molecule has 8 nitrogen and oxygen atoms in total. The van der Waals surface area contributed by atoms with Gasteiger partial charge in [-0.3, -0.25) is 4.79 Å². The number of aromatic nitrogens is 4. The lowest BCUT2D eigenvalue weighted by atomic mass is 10.1. The van der Waals surface area contributed by atoms with Crippen molar-refractivity contribution in [2.45, 2.75) is 17.3 Å². The van der Waals surface area contributed by atoms with Crippen molar-refractivity contribution < 1.29 is 14.6 Å². The maximum Gasteiger partial charge on any atom is 0.242 e. The Hall–Kier alpha value is -3.85. The summed E-state index contributed by atoms with van der Waals surface area (Å²) in [7, 11) is 0. The highest BCUT2D eigenvalue weighted by atomic mass is 32.2. The molecule has 0 unspecified atom stereocenters. The molecule has 162 valence electrons. The second-order valence-electron chi connectivity index (χ2n) is 6.72. The van der Waals surface area contributed by atoms with Crippen LogP contribution in [0.1, 0.15) is 17.7 Å². The van der Waals surface area contributed by atoms with Crippen LogP contribution in [0.5, 0.6) is 11.5 Å². The van der Waals surface area contributed by atoms with E-state index in [1.165, 1.54) is 16.4 Å². The number of phenols is 1. The van der Waals surface area contributed by atoms with Crippen LogP contribution >= 0.6 is 11.8 Å². The minimum Gasteiger partial charge on any atom is -0.508 e. The van der Waals surface area contributed by atoms with Gasteiger partial charge in [-0.05, 0) is 59.3 Å². The van der Waals surface area contributed by atoms with Crippen LogP contribution in [0.2, 0.25) is 0 Å². The number of nitrogens with one attached hydrogen (secondary N) is 1. The maximum atomic E-state index is 13.4. The predicted molar refractivity (Wildman–Crippen MR) is 122 cm³/mol. The molecule has 32 heavy (non-hydrogen) atoms. The largest absolute Gasteiger partial charge is 0.508 e. The minimum absolute atomic E-state index is 0.144. The molecule has 0 bridgehead atoms. The highest BCUT2D eigenvalue weighted by Gasteiger charge is 2.26. The predicted octanol–water partition coefficient (Wildman–Crippen LogP) is 4.24. The molecule has 0 aliphatic carbocycles. The molecule has 2 N–H and O–H groups in total. The van der Waals surface area contributed by atoms with Gasteiger partial charge >= 0.3 is 0 Å². The van der Waals surface area contributed by atoms with E-state index < -0.39 is 5.25 Å². The van der Waals surface area contributed by atoms with Crippen LogP contribution in [0.4, 0.5) is 5.69 Å². The molecular weight excluding hydrogens is 426 g/mol. The van der Waals surface area contributed by atoms with Crippen LogP contribution in [-0.2, 0) is 4.79 Å². The maximum absolute atomic E-state index is 13.4. The zero-order valence-electron chi connectivity index (χ0n) is 17.3. The van der Waals surface area contributed by atoms with Gasteiger partial charge in [-0.2, -0.15) is 4.68 Å². The number of phenolic OH excluding ortho intramolecular Hbond substituents is 1. The summed E-state index contributed by atoms with van der Waals surface area (Å²) in [5.74, 6) is 0.522. The fourth-order valence-corrected chi connectivity index (χ4v) is 4.06. The van der Waals surface area contributed by atoms with Crippen LogP contribution in [0.3, 0.4) is 0 Å². The van der Waals surface area contributed by atoms with Crippen molar-refractivity contribution in [2.75, 3.05) is 11.9 Å². The van der Waals surface area contributed by atoms with Crippen molar-refractivity contribution in [1.29, 1.82) is 0 Å². The molecule has 0 aliphatic heterocycles. The Balaban J connectivity index is 1.64. The van der Waals surface area contributed by atoms with Gasteiger partial charge < -0.3 is 15.2 Å². The van der Waals surface area contributed by atoms with Crippen molar-refractivity contribution in [2.24, 2.45) is 0 Å². The van der Waals surface area contributed by atoms with Gasteiger partial charge in [-0.1, -0.05) is 54.2 Å². The molecule has 4 aromatic rings. The van der Waals surface area contributed by atoms with Crippen molar-refractivity contribution in [3.63, 3.8) is 0 Å². The van der Waals surface area contributed by atoms with E-state index in [2.05, 4.69) is 20.8 Å². The Morgan fingerprint density at radius 3 is 2.53 bits per heavy atom. The first-order valence-corrected chi connectivity index (χ1v) is 10.9. The van der Waals surface area contributed by atoms with Crippen LogP contribution in [0.25, 0.3) is 5.69 Å². The number of aromatic hydroxyl groups is 1. The van der Waals surface area contributed by atoms with E-state index >= 15 is 0 Å². The number of amides is 1. The number of tetrazole rings is 1. The van der Waals surface area contributed by atoms with Gasteiger partial charge in [0.15, 0.2) is 0 Å². The molecule has 0 fully saturated rings. The van der Waals surface area contributed by atoms with Gasteiger partial charge in [0.2, 0.25) is 11.1 Å². The lowest BCUT2D eigenvalue weighted by Crippen LogP contribution is -2.20. The Labute approximate surface area is 189 Å². The van der Waals surface area contributed by atoms with Crippen LogP contribution in [-0.4, -0.2) is 37.8 Å². The van der Waals surface area contributed by atoms with Crippen molar-refractivity contribution in [3.05, 3.63) is 84.4 Å². The number of hydrogen-bond donors (Lipinski definition) is 2. The quantitative estimate of drug-likeness (QED) is 0.390.